The second-order valence-electron chi connectivity index (χ2n) is 4.88. The number of anilines is 2. The lowest BCUT2D eigenvalue weighted by atomic mass is 10.1. The summed E-state index contributed by atoms with van der Waals surface area (Å²) in [5.41, 5.74) is 2.12. The number of halogens is 1. The van der Waals surface area contributed by atoms with Crippen molar-refractivity contribution < 1.29 is 4.39 Å². The summed E-state index contributed by atoms with van der Waals surface area (Å²) in [5.74, 6) is 1.28. The van der Waals surface area contributed by atoms with E-state index in [1.54, 1.807) is 12.3 Å². The minimum atomic E-state index is -0.189. The zero-order chi connectivity index (χ0) is 14.5. The number of aryl methyl sites for hydroxylation is 1. The van der Waals surface area contributed by atoms with Crippen LogP contribution in [0.5, 0.6) is 0 Å². The number of rotatable bonds is 5. The lowest BCUT2D eigenvalue weighted by molar-refractivity contribution is 0.625. The molecule has 5 heteroatoms. The summed E-state index contributed by atoms with van der Waals surface area (Å²) in [6.07, 6.45) is 2.56. The summed E-state index contributed by atoms with van der Waals surface area (Å²) in [6.45, 7) is 2.67. The Morgan fingerprint density at radius 1 is 1.25 bits per heavy atom. The van der Waals surface area contributed by atoms with Crippen molar-refractivity contribution in [3.8, 4) is 0 Å². The lowest BCUT2D eigenvalue weighted by Gasteiger charge is -2.12. The number of aromatic nitrogens is 2. The monoisotopic (exact) mass is 274 g/mol. The molecule has 0 aliphatic heterocycles. The molecule has 0 radical (unpaired) electrons. The van der Waals surface area contributed by atoms with Crippen LogP contribution in [0.25, 0.3) is 0 Å². The molecule has 1 heterocycles. The third kappa shape index (κ3) is 3.66. The predicted octanol–water partition coefficient (Wildman–Crippen LogP) is 2.64. The highest BCUT2D eigenvalue weighted by atomic mass is 19.1. The zero-order valence-corrected chi connectivity index (χ0v) is 12.0. The third-order valence-corrected chi connectivity index (χ3v) is 3.05. The topological polar surface area (TPSA) is 41.1 Å². The van der Waals surface area contributed by atoms with Crippen LogP contribution < -0.4 is 10.2 Å². The number of hydrogen-bond acceptors (Lipinski definition) is 4. The van der Waals surface area contributed by atoms with Gasteiger partial charge in [-0.3, -0.25) is 0 Å². The summed E-state index contributed by atoms with van der Waals surface area (Å²) in [7, 11) is 3.81. The normalized spacial score (nSPS) is 10.4. The van der Waals surface area contributed by atoms with E-state index in [1.807, 2.05) is 38.1 Å². The molecule has 0 saturated heterocycles. The fraction of sp³-hybridized carbons (Fsp3) is 0.333. The van der Waals surface area contributed by atoms with E-state index in [2.05, 4.69) is 15.3 Å². The molecule has 106 valence electrons. The maximum absolute atomic E-state index is 13.0. The van der Waals surface area contributed by atoms with E-state index in [9.17, 15) is 4.39 Å². The van der Waals surface area contributed by atoms with Crippen LogP contribution in [0.2, 0.25) is 0 Å². The van der Waals surface area contributed by atoms with Crippen molar-refractivity contribution in [3.05, 3.63) is 47.4 Å². The van der Waals surface area contributed by atoms with Gasteiger partial charge in [0, 0.05) is 26.8 Å². The predicted molar refractivity (Wildman–Crippen MR) is 79.7 cm³/mol. The van der Waals surface area contributed by atoms with Crippen molar-refractivity contribution in [2.24, 2.45) is 0 Å². The maximum Gasteiger partial charge on any atom is 0.226 e. The van der Waals surface area contributed by atoms with Crippen LogP contribution in [0.15, 0.2) is 30.5 Å². The molecule has 0 amide bonds. The van der Waals surface area contributed by atoms with Gasteiger partial charge in [0.2, 0.25) is 5.95 Å². The summed E-state index contributed by atoms with van der Waals surface area (Å²) in [4.78, 5) is 10.4. The second-order valence-corrected chi connectivity index (χ2v) is 4.88. The highest BCUT2D eigenvalue weighted by Gasteiger charge is 2.02. The molecule has 0 bridgehead atoms. The van der Waals surface area contributed by atoms with E-state index in [1.165, 1.54) is 6.07 Å². The van der Waals surface area contributed by atoms with E-state index in [0.29, 0.717) is 5.95 Å². The minimum Gasteiger partial charge on any atom is -0.370 e. The largest absolute Gasteiger partial charge is 0.370 e. The van der Waals surface area contributed by atoms with Crippen LogP contribution >= 0.6 is 0 Å². The van der Waals surface area contributed by atoms with Crippen LogP contribution in [0.3, 0.4) is 0 Å². The number of nitrogens with zero attached hydrogens (tertiary/aromatic N) is 3. The molecule has 0 spiro atoms. The quantitative estimate of drug-likeness (QED) is 0.910. The van der Waals surface area contributed by atoms with Gasteiger partial charge >= 0.3 is 0 Å². The van der Waals surface area contributed by atoms with Gasteiger partial charge in [0.1, 0.15) is 11.6 Å². The SMILES string of the molecule is Cc1cc(F)ccc1CCNc1ccnc(N(C)C)n1. The van der Waals surface area contributed by atoms with Gasteiger partial charge in [0.15, 0.2) is 0 Å². The molecule has 20 heavy (non-hydrogen) atoms. The van der Waals surface area contributed by atoms with Gasteiger partial charge in [0.05, 0.1) is 0 Å². The molecule has 0 atom stereocenters. The Kier molecular flexibility index (Phi) is 4.50. The highest BCUT2D eigenvalue weighted by Crippen LogP contribution is 2.12. The lowest BCUT2D eigenvalue weighted by Crippen LogP contribution is -2.14. The Balaban J connectivity index is 1.94. The molecular formula is C15H19FN4. The first-order valence-electron chi connectivity index (χ1n) is 6.55. The number of benzene rings is 1. The fourth-order valence-corrected chi connectivity index (χ4v) is 1.93. The molecule has 0 aliphatic rings. The third-order valence-electron chi connectivity index (χ3n) is 3.05. The molecule has 0 aliphatic carbocycles. The fourth-order valence-electron chi connectivity index (χ4n) is 1.93. The first kappa shape index (κ1) is 14.2. The van der Waals surface area contributed by atoms with Crippen molar-refractivity contribution in [2.45, 2.75) is 13.3 Å². The molecule has 1 aromatic heterocycles. The molecule has 0 unspecified atom stereocenters. The highest BCUT2D eigenvalue weighted by molar-refractivity contribution is 5.40. The van der Waals surface area contributed by atoms with Crippen molar-refractivity contribution in [1.82, 2.24) is 9.97 Å². The Hall–Kier alpha value is -2.17. The average molecular weight is 274 g/mol. The summed E-state index contributed by atoms with van der Waals surface area (Å²) in [6, 6.07) is 6.73. The van der Waals surface area contributed by atoms with Gasteiger partial charge in [0.25, 0.3) is 0 Å². The molecule has 1 aromatic carbocycles. The van der Waals surface area contributed by atoms with Gasteiger partial charge in [-0.2, -0.15) is 4.98 Å². The first-order valence-corrected chi connectivity index (χ1v) is 6.55. The zero-order valence-electron chi connectivity index (χ0n) is 12.0. The molecule has 1 N–H and O–H groups in total. The van der Waals surface area contributed by atoms with Gasteiger partial charge in [-0.05, 0) is 42.7 Å². The first-order chi connectivity index (χ1) is 9.56. The average Bonchev–Trinajstić information content (AvgIpc) is 2.41. The molecule has 2 rings (SSSR count). The van der Waals surface area contributed by atoms with Crippen LogP contribution in [0.1, 0.15) is 11.1 Å². The molecular weight excluding hydrogens is 255 g/mol. The van der Waals surface area contributed by atoms with Gasteiger partial charge in [-0.25, -0.2) is 9.37 Å². The van der Waals surface area contributed by atoms with Crippen LogP contribution in [-0.2, 0) is 6.42 Å². The van der Waals surface area contributed by atoms with E-state index < -0.39 is 0 Å². The van der Waals surface area contributed by atoms with E-state index in [-0.39, 0.29) is 5.82 Å². The molecule has 0 saturated carbocycles. The Morgan fingerprint density at radius 2 is 2.05 bits per heavy atom. The molecule has 2 aromatic rings. The maximum atomic E-state index is 13.0. The van der Waals surface area contributed by atoms with Gasteiger partial charge in [-0.15, -0.1) is 0 Å². The van der Waals surface area contributed by atoms with Crippen LogP contribution in [0.4, 0.5) is 16.2 Å². The Morgan fingerprint density at radius 3 is 2.75 bits per heavy atom. The minimum absolute atomic E-state index is 0.189. The Labute approximate surface area is 118 Å². The second kappa shape index (κ2) is 6.32. The van der Waals surface area contributed by atoms with E-state index >= 15 is 0 Å². The Bertz CT molecular complexity index is 584. The van der Waals surface area contributed by atoms with Crippen molar-refractivity contribution >= 4 is 11.8 Å². The molecule has 4 nitrogen and oxygen atoms in total. The molecule has 0 fully saturated rings. The summed E-state index contributed by atoms with van der Waals surface area (Å²) < 4.78 is 13.0. The van der Waals surface area contributed by atoms with Gasteiger partial charge < -0.3 is 10.2 Å². The van der Waals surface area contributed by atoms with E-state index in [0.717, 1.165) is 29.9 Å². The van der Waals surface area contributed by atoms with E-state index in [4.69, 9.17) is 0 Å². The van der Waals surface area contributed by atoms with Crippen LogP contribution in [-0.4, -0.2) is 30.6 Å². The van der Waals surface area contributed by atoms with Crippen molar-refractivity contribution in [3.63, 3.8) is 0 Å². The number of nitrogens with one attached hydrogen (secondary N) is 1. The number of hydrogen-bond donors (Lipinski definition) is 1. The van der Waals surface area contributed by atoms with Gasteiger partial charge in [-0.1, -0.05) is 6.07 Å². The smallest absolute Gasteiger partial charge is 0.226 e. The standard InChI is InChI=1S/C15H19FN4/c1-11-10-13(16)5-4-12(11)6-8-17-14-7-9-18-15(19-14)20(2)3/h4-5,7,9-10H,6,8H2,1-3H3,(H,17,18,19). The summed E-state index contributed by atoms with van der Waals surface area (Å²) >= 11 is 0. The van der Waals surface area contributed by atoms with Crippen molar-refractivity contribution in [2.75, 3.05) is 30.9 Å². The van der Waals surface area contributed by atoms with Crippen molar-refractivity contribution in [1.29, 1.82) is 0 Å². The summed E-state index contributed by atoms with van der Waals surface area (Å²) in [5, 5.41) is 3.26. The van der Waals surface area contributed by atoms with Crippen LogP contribution in [0, 0.1) is 12.7 Å².